The molecule has 0 aliphatic carbocycles. The second kappa shape index (κ2) is 20.9. The molecule has 38 heavy (non-hydrogen) atoms. The number of hydrogen-bond acceptors (Lipinski definition) is 0. The molecule has 0 spiro atoms. The minimum absolute atomic E-state index is 0. The summed E-state index contributed by atoms with van der Waals surface area (Å²) < 4.78 is 0. The smallest absolute Gasteiger partial charge is 0.199 e. The molecule has 6 rings (SSSR count). The van der Waals surface area contributed by atoms with Crippen LogP contribution in [0.1, 0.15) is 25.0 Å². The Hall–Kier alpha value is -3.06. The van der Waals surface area contributed by atoms with Gasteiger partial charge in [-0.25, -0.2) is 0 Å². The van der Waals surface area contributed by atoms with Gasteiger partial charge in [-0.15, -0.1) is 83.6 Å². The molecular formula is C36H38SiZr. The van der Waals surface area contributed by atoms with Gasteiger partial charge in [-0.05, 0) is 0 Å². The predicted molar refractivity (Wildman–Crippen MR) is 168 cm³/mol. The molecule has 0 atom stereocenters. The average Bonchev–Trinajstić information content (AvgIpc) is 3.61. The molecule has 0 aliphatic rings. The first kappa shape index (κ1) is 33.0. The van der Waals surface area contributed by atoms with E-state index in [2.05, 4.69) is 113 Å². The van der Waals surface area contributed by atoms with Crippen LogP contribution in [-0.2, 0) is 26.2 Å². The summed E-state index contributed by atoms with van der Waals surface area (Å²) in [5, 5.41) is 5.32. The van der Waals surface area contributed by atoms with Crippen LogP contribution >= 0.6 is 0 Å². The van der Waals surface area contributed by atoms with Gasteiger partial charge in [0.05, 0.1) is 0 Å². The zero-order valence-electron chi connectivity index (χ0n) is 22.7. The molecule has 0 saturated heterocycles. The summed E-state index contributed by atoms with van der Waals surface area (Å²) in [6, 6.07) is 51.8. The van der Waals surface area contributed by atoms with Crippen LogP contribution in [0.2, 0.25) is 12.1 Å². The summed E-state index contributed by atoms with van der Waals surface area (Å²) in [4.78, 5) is 0. The van der Waals surface area contributed by atoms with Crippen LogP contribution in [0.15, 0.2) is 146 Å². The fourth-order valence-corrected chi connectivity index (χ4v) is 3.85. The molecule has 0 fully saturated rings. The predicted octanol–water partition coefficient (Wildman–Crippen LogP) is 10.4. The largest absolute Gasteiger partial charge is 4.00 e. The molecule has 0 amide bonds. The fraction of sp³-hybridized carbons (Fsp3) is 0.111. The van der Waals surface area contributed by atoms with Crippen molar-refractivity contribution in [3.05, 3.63) is 171 Å². The summed E-state index contributed by atoms with van der Waals surface area (Å²) in [6.45, 7) is 11.9. The Labute approximate surface area is 252 Å². The average molecular weight is 590 g/mol. The summed E-state index contributed by atoms with van der Waals surface area (Å²) >= 11 is 0. The van der Waals surface area contributed by atoms with Crippen molar-refractivity contribution in [2.45, 2.75) is 25.9 Å². The van der Waals surface area contributed by atoms with E-state index in [1.165, 1.54) is 43.2 Å². The topological polar surface area (TPSA) is 0 Å². The molecule has 0 saturated carbocycles. The van der Waals surface area contributed by atoms with Crippen molar-refractivity contribution >= 4 is 31.1 Å². The van der Waals surface area contributed by atoms with Crippen molar-refractivity contribution in [1.29, 1.82) is 0 Å². The van der Waals surface area contributed by atoms with Gasteiger partial charge in [0.1, 0.15) is 0 Å². The van der Waals surface area contributed by atoms with E-state index < -0.39 is 0 Å². The molecular weight excluding hydrogens is 552 g/mol. The molecule has 0 aliphatic heterocycles. The van der Waals surface area contributed by atoms with Crippen LogP contribution in [0, 0.1) is 13.8 Å². The second-order valence-electron chi connectivity index (χ2n) is 8.24. The molecule has 2 heteroatoms. The number of benzene rings is 4. The monoisotopic (exact) mass is 588 g/mol. The van der Waals surface area contributed by atoms with E-state index in [-0.39, 0.29) is 26.2 Å². The van der Waals surface area contributed by atoms with Gasteiger partial charge < -0.3 is 0 Å². The molecule has 2 radical (unpaired) electrons. The van der Waals surface area contributed by atoms with Crippen LogP contribution in [-0.4, -0.2) is 9.52 Å². The SMILES string of the molecule is CC[Si]CC.[CH2-]c1ccccc1.[CH2-]c1ccccc1.[Zr+4].c1ccc2[cH-]ccc2c1.c1ccc2[cH-]ccc2c1. The molecule has 0 bridgehead atoms. The third kappa shape index (κ3) is 14.0. The van der Waals surface area contributed by atoms with Crippen LogP contribution in [0.3, 0.4) is 0 Å². The van der Waals surface area contributed by atoms with Gasteiger partial charge in [-0.1, -0.05) is 50.2 Å². The van der Waals surface area contributed by atoms with Crippen LogP contribution in [0.4, 0.5) is 0 Å². The molecule has 0 unspecified atom stereocenters. The van der Waals surface area contributed by atoms with E-state index in [9.17, 15) is 0 Å². The van der Waals surface area contributed by atoms with Gasteiger partial charge in [-0.3, -0.25) is 0 Å². The molecule has 190 valence electrons. The van der Waals surface area contributed by atoms with Gasteiger partial charge in [0, 0.05) is 9.52 Å². The number of hydrogen-bond donors (Lipinski definition) is 0. The minimum atomic E-state index is 0. The maximum absolute atomic E-state index is 3.72. The minimum Gasteiger partial charge on any atom is -0.199 e. The third-order valence-corrected chi connectivity index (χ3v) is 6.28. The van der Waals surface area contributed by atoms with Crippen molar-refractivity contribution < 1.29 is 26.2 Å². The van der Waals surface area contributed by atoms with Crippen LogP contribution < -0.4 is 0 Å². The molecule has 0 nitrogen and oxygen atoms in total. The van der Waals surface area contributed by atoms with Crippen molar-refractivity contribution in [1.82, 2.24) is 0 Å². The second-order valence-corrected chi connectivity index (χ2v) is 10.2. The van der Waals surface area contributed by atoms with E-state index in [0.717, 1.165) is 11.1 Å². The first-order chi connectivity index (χ1) is 18.1. The fourth-order valence-electron chi connectivity index (χ4n) is 3.35. The zero-order valence-corrected chi connectivity index (χ0v) is 26.1. The first-order valence-electron chi connectivity index (χ1n) is 12.8. The van der Waals surface area contributed by atoms with Gasteiger partial charge in [0.2, 0.25) is 0 Å². The normalized spacial score (nSPS) is 9.11. The van der Waals surface area contributed by atoms with E-state index >= 15 is 0 Å². The Morgan fingerprint density at radius 1 is 0.500 bits per heavy atom. The Bertz CT molecular complexity index is 1170. The van der Waals surface area contributed by atoms with Crippen LogP contribution in [0.5, 0.6) is 0 Å². The maximum Gasteiger partial charge on any atom is 4.00 e. The quantitative estimate of drug-likeness (QED) is 0.139. The Morgan fingerprint density at radius 2 is 0.842 bits per heavy atom. The van der Waals surface area contributed by atoms with Gasteiger partial charge in [0.25, 0.3) is 0 Å². The van der Waals surface area contributed by atoms with Crippen molar-refractivity contribution in [3.63, 3.8) is 0 Å². The van der Waals surface area contributed by atoms with E-state index in [4.69, 9.17) is 0 Å². The van der Waals surface area contributed by atoms with Crippen molar-refractivity contribution in [3.8, 4) is 0 Å². The van der Waals surface area contributed by atoms with Crippen LogP contribution in [0.25, 0.3) is 21.5 Å². The Morgan fingerprint density at radius 3 is 1.11 bits per heavy atom. The molecule has 0 N–H and O–H groups in total. The molecule has 0 heterocycles. The third-order valence-electron chi connectivity index (χ3n) is 5.28. The van der Waals surface area contributed by atoms with E-state index in [1.807, 2.05) is 60.7 Å². The van der Waals surface area contributed by atoms with Gasteiger partial charge >= 0.3 is 26.2 Å². The molecule has 6 aromatic rings. The summed E-state index contributed by atoms with van der Waals surface area (Å²) in [6.07, 6.45) is 0. The van der Waals surface area contributed by atoms with Gasteiger partial charge in [-0.2, -0.15) is 84.3 Å². The summed E-state index contributed by atoms with van der Waals surface area (Å²) in [5.74, 6) is 0. The van der Waals surface area contributed by atoms with E-state index in [0.29, 0.717) is 0 Å². The first-order valence-corrected chi connectivity index (χ1v) is 14.2. The van der Waals surface area contributed by atoms with Crippen molar-refractivity contribution in [2.24, 2.45) is 0 Å². The number of fused-ring (bicyclic) bond motifs is 2. The maximum atomic E-state index is 3.72. The zero-order chi connectivity index (χ0) is 26.6. The van der Waals surface area contributed by atoms with Crippen molar-refractivity contribution in [2.75, 3.05) is 0 Å². The number of rotatable bonds is 2. The molecule has 6 aromatic carbocycles. The molecule has 0 aromatic heterocycles. The van der Waals surface area contributed by atoms with E-state index in [1.54, 1.807) is 0 Å². The Balaban J connectivity index is 0.000000240. The Kier molecular flexibility index (Phi) is 18.2. The standard InChI is InChI=1S/2C9H7.2C7H7.C4H10Si.Zr/c2*1-2-5-9-7-3-6-8(9)4-1;2*1-7-5-3-2-4-6-7;1-3-5-4-2;/h2*1-7H;2*2-6H,1H2;3-4H2,1-2H3;/q4*-1;;+4. The summed E-state index contributed by atoms with van der Waals surface area (Å²) in [7, 11) is 1.20. The van der Waals surface area contributed by atoms with Gasteiger partial charge in [0.15, 0.2) is 0 Å². The summed E-state index contributed by atoms with van der Waals surface area (Å²) in [5.41, 5.74) is 2.14.